The van der Waals surface area contributed by atoms with Crippen molar-refractivity contribution >= 4 is 5.95 Å². The van der Waals surface area contributed by atoms with Gasteiger partial charge in [0, 0.05) is 38.7 Å². The zero-order valence-electron chi connectivity index (χ0n) is 11.5. The highest BCUT2D eigenvalue weighted by atomic mass is 16.5. The van der Waals surface area contributed by atoms with Crippen LogP contribution in [-0.2, 0) is 16.0 Å². The van der Waals surface area contributed by atoms with E-state index in [4.69, 9.17) is 9.47 Å². The predicted octanol–water partition coefficient (Wildman–Crippen LogP) is 1.90. The number of anilines is 1. The molecule has 0 saturated carbocycles. The average molecular weight is 253 g/mol. The first-order chi connectivity index (χ1) is 8.61. The van der Waals surface area contributed by atoms with Gasteiger partial charge in [-0.1, -0.05) is 0 Å². The van der Waals surface area contributed by atoms with Gasteiger partial charge < -0.3 is 19.4 Å². The van der Waals surface area contributed by atoms with E-state index >= 15 is 0 Å². The first-order valence-corrected chi connectivity index (χ1v) is 6.51. The maximum absolute atomic E-state index is 5.72. The van der Waals surface area contributed by atoms with Gasteiger partial charge in [-0.05, 0) is 26.7 Å². The van der Waals surface area contributed by atoms with E-state index in [1.54, 1.807) is 7.11 Å². The summed E-state index contributed by atoms with van der Waals surface area (Å²) in [6.07, 6.45) is 5.83. The molecule has 1 fully saturated rings. The molecule has 102 valence electrons. The van der Waals surface area contributed by atoms with Crippen LogP contribution in [0.2, 0.25) is 0 Å². The molecule has 0 bridgehead atoms. The summed E-state index contributed by atoms with van der Waals surface area (Å²) >= 11 is 0. The molecule has 18 heavy (non-hydrogen) atoms. The van der Waals surface area contributed by atoms with Crippen LogP contribution < -0.4 is 5.32 Å². The van der Waals surface area contributed by atoms with Gasteiger partial charge in [0.05, 0.1) is 12.2 Å². The molecule has 2 rings (SSSR count). The molecule has 1 aromatic rings. The molecule has 0 spiro atoms. The Kier molecular flexibility index (Phi) is 4.24. The third kappa shape index (κ3) is 3.46. The molecular weight excluding hydrogens is 230 g/mol. The molecule has 1 aliphatic heterocycles. The first-order valence-electron chi connectivity index (χ1n) is 6.51. The van der Waals surface area contributed by atoms with Crippen LogP contribution in [0.25, 0.3) is 0 Å². The number of hydrogen-bond donors (Lipinski definition) is 1. The van der Waals surface area contributed by atoms with Crippen molar-refractivity contribution in [3.8, 4) is 0 Å². The average Bonchev–Trinajstić information content (AvgIpc) is 2.72. The molecule has 1 saturated heterocycles. The minimum Gasteiger partial charge on any atom is -0.383 e. The van der Waals surface area contributed by atoms with Crippen LogP contribution in [-0.4, -0.2) is 41.5 Å². The molecule has 1 aliphatic rings. The quantitative estimate of drug-likeness (QED) is 0.870. The Hall–Kier alpha value is -1.07. The van der Waals surface area contributed by atoms with E-state index < -0.39 is 0 Å². The van der Waals surface area contributed by atoms with Gasteiger partial charge >= 0.3 is 0 Å². The minimum atomic E-state index is -0.0418. The summed E-state index contributed by atoms with van der Waals surface area (Å²) in [5.74, 6) is 0.926. The predicted molar refractivity (Wildman–Crippen MR) is 70.8 cm³/mol. The lowest BCUT2D eigenvalue weighted by atomic mass is 9.94. The van der Waals surface area contributed by atoms with Crippen LogP contribution in [0.1, 0.15) is 26.7 Å². The van der Waals surface area contributed by atoms with Crippen molar-refractivity contribution in [1.82, 2.24) is 9.55 Å². The minimum absolute atomic E-state index is 0.0418. The van der Waals surface area contributed by atoms with Gasteiger partial charge in [-0.15, -0.1) is 0 Å². The molecule has 1 unspecified atom stereocenters. The number of nitrogens with one attached hydrogen (secondary N) is 1. The van der Waals surface area contributed by atoms with Gasteiger partial charge in [0.25, 0.3) is 0 Å². The standard InChI is InChI=1S/C13H23N3O2/c1-13(2)10-11(4-8-18-13)15-12-14-5-6-16(12)7-9-17-3/h5-6,11H,4,7-10H2,1-3H3,(H,14,15). The number of aromatic nitrogens is 2. The van der Waals surface area contributed by atoms with Crippen molar-refractivity contribution in [3.05, 3.63) is 12.4 Å². The van der Waals surface area contributed by atoms with E-state index in [-0.39, 0.29) is 5.60 Å². The summed E-state index contributed by atoms with van der Waals surface area (Å²) in [6, 6.07) is 0.428. The van der Waals surface area contributed by atoms with Crippen LogP contribution in [0, 0.1) is 0 Å². The van der Waals surface area contributed by atoms with Crippen LogP contribution >= 0.6 is 0 Å². The number of methoxy groups -OCH3 is 1. The van der Waals surface area contributed by atoms with Gasteiger partial charge in [-0.2, -0.15) is 0 Å². The summed E-state index contributed by atoms with van der Waals surface area (Å²) in [5.41, 5.74) is -0.0418. The number of hydrogen-bond acceptors (Lipinski definition) is 4. The SMILES string of the molecule is COCCn1ccnc1NC1CCOC(C)(C)C1. The summed E-state index contributed by atoms with van der Waals surface area (Å²) in [7, 11) is 1.71. The molecule has 0 radical (unpaired) electrons. The maximum Gasteiger partial charge on any atom is 0.203 e. The second kappa shape index (κ2) is 5.71. The molecule has 0 aliphatic carbocycles. The van der Waals surface area contributed by atoms with E-state index in [2.05, 4.69) is 28.7 Å². The fourth-order valence-corrected chi connectivity index (χ4v) is 2.36. The van der Waals surface area contributed by atoms with Crippen molar-refractivity contribution in [2.45, 2.75) is 44.9 Å². The van der Waals surface area contributed by atoms with Crippen molar-refractivity contribution < 1.29 is 9.47 Å². The van der Waals surface area contributed by atoms with Gasteiger partial charge in [0.2, 0.25) is 5.95 Å². The monoisotopic (exact) mass is 253 g/mol. The number of imidazole rings is 1. The Bertz CT molecular complexity index is 376. The molecule has 5 nitrogen and oxygen atoms in total. The number of nitrogens with zero attached hydrogens (tertiary/aromatic N) is 2. The Morgan fingerprint density at radius 2 is 2.44 bits per heavy atom. The lowest BCUT2D eigenvalue weighted by molar-refractivity contribution is -0.0554. The second-order valence-corrected chi connectivity index (χ2v) is 5.38. The number of rotatable bonds is 5. The molecule has 0 aromatic carbocycles. The van der Waals surface area contributed by atoms with Crippen molar-refractivity contribution in [2.75, 3.05) is 25.6 Å². The highest BCUT2D eigenvalue weighted by molar-refractivity contribution is 5.28. The summed E-state index contributed by atoms with van der Waals surface area (Å²) < 4.78 is 12.9. The topological polar surface area (TPSA) is 48.3 Å². The summed E-state index contributed by atoms with van der Waals surface area (Å²) in [4.78, 5) is 4.37. The molecule has 1 aromatic heterocycles. The zero-order valence-corrected chi connectivity index (χ0v) is 11.5. The van der Waals surface area contributed by atoms with Crippen molar-refractivity contribution in [1.29, 1.82) is 0 Å². The smallest absolute Gasteiger partial charge is 0.203 e. The molecule has 2 heterocycles. The van der Waals surface area contributed by atoms with Crippen LogP contribution in [0.5, 0.6) is 0 Å². The lowest BCUT2D eigenvalue weighted by Gasteiger charge is -2.36. The third-order valence-electron chi connectivity index (χ3n) is 3.28. The lowest BCUT2D eigenvalue weighted by Crippen LogP contribution is -2.40. The first kappa shape index (κ1) is 13.4. The van der Waals surface area contributed by atoms with Crippen molar-refractivity contribution in [3.63, 3.8) is 0 Å². The van der Waals surface area contributed by atoms with Crippen LogP contribution in [0.4, 0.5) is 5.95 Å². The number of ether oxygens (including phenoxy) is 2. The van der Waals surface area contributed by atoms with Gasteiger partial charge in [0.1, 0.15) is 0 Å². The largest absolute Gasteiger partial charge is 0.383 e. The summed E-state index contributed by atoms with van der Waals surface area (Å²) in [5, 5.41) is 3.51. The van der Waals surface area contributed by atoms with E-state index in [9.17, 15) is 0 Å². The fraction of sp³-hybridized carbons (Fsp3) is 0.769. The Balaban J connectivity index is 1.94. The highest BCUT2D eigenvalue weighted by Gasteiger charge is 2.29. The molecule has 1 atom stereocenters. The molecule has 1 N–H and O–H groups in total. The van der Waals surface area contributed by atoms with Gasteiger partial charge in [0.15, 0.2) is 0 Å². The van der Waals surface area contributed by atoms with Gasteiger partial charge in [-0.3, -0.25) is 0 Å². The summed E-state index contributed by atoms with van der Waals surface area (Å²) in [6.45, 7) is 6.61. The van der Waals surface area contributed by atoms with Gasteiger partial charge in [-0.25, -0.2) is 4.98 Å². The van der Waals surface area contributed by atoms with E-state index in [1.165, 1.54) is 0 Å². The van der Waals surface area contributed by atoms with E-state index in [0.29, 0.717) is 12.6 Å². The Morgan fingerprint density at radius 3 is 3.17 bits per heavy atom. The molecule has 0 amide bonds. The second-order valence-electron chi connectivity index (χ2n) is 5.38. The Labute approximate surface area is 108 Å². The molecule has 5 heteroatoms. The zero-order chi connectivity index (χ0) is 13.0. The van der Waals surface area contributed by atoms with Crippen molar-refractivity contribution in [2.24, 2.45) is 0 Å². The normalized spacial score (nSPS) is 22.9. The fourth-order valence-electron chi connectivity index (χ4n) is 2.36. The Morgan fingerprint density at radius 1 is 1.61 bits per heavy atom. The maximum atomic E-state index is 5.72. The molecular formula is C13H23N3O2. The van der Waals surface area contributed by atoms with Crippen LogP contribution in [0.3, 0.4) is 0 Å². The third-order valence-corrected chi connectivity index (χ3v) is 3.28. The van der Waals surface area contributed by atoms with E-state index in [1.807, 2.05) is 12.4 Å². The van der Waals surface area contributed by atoms with Crippen LogP contribution in [0.15, 0.2) is 12.4 Å². The van der Waals surface area contributed by atoms with E-state index in [0.717, 1.165) is 31.9 Å². The highest BCUT2D eigenvalue weighted by Crippen LogP contribution is 2.25.